The van der Waals surface area contributed by atoms with Crippen LogP contribution in [0.5, 0.6) is 5.75 Å². The predicted octanol–water partition coefficient (Wildman–Crippen LogP) is 2.74. The van der Waals surface area contributed by atoms with E-state index in [1.807, 2.05) is 30.3 Å². The molecule has 5 nitrogen and oxygen atoms in total. The molecule has 1 saturated heterocycles. The molecular weight excluding hydrogens is 366 g/mol. The van der Waals surface area contributed by atoms with Gasteiger partial charge in [0.2, 0.25) is 5.12 Å². The van der Waals surface area contributed by atoms with E-state index in [1.54, 1.807) is 0 Å². The molecule has 1 unspecified atom stereocenters. The highest BCUT2D eigenvalue weighted by Gasteiger charge is 2.11. The van der Waals surface area contributed by atoms with Crippen molar-refractivity contribution >= 4 is 26.6 Å². The molecule has 0 aromatic heterocycles. The van der Waals surface area contributed by atoms with E-state index in [2.05, 4.69) is 4.98 Å². The number of thioether (sulfide) groups is 1. The van der Waals surface area contributed by atoms with Crippen LogP contribution in [-0.4, -0.2) is 53.2 Å². The molecule has 1 aromatic carbocycles. The normalized spacial score (nSPS) is 19.0. The van der Waals surface area contributed by atoms with Crippen LogP contribution in [0.1, 0.15) is 32.1 Å². The van der Waals surface area contributed by atoms with E-state index in [1.165, 1.54) is 30.6 Å². The molecule has 0 spiro atoms. The molecule has 0 aliphatic carbocycles. The van der Waals surface area contributed by atoms with Crippen molar-refractivity contribution in [2.45, 2.75) is 44.3 Å². The molecule has 1 fully saturated rings. The molecule has 0 saturated carbocycles. The zero-order chi connectivity index (χ0) is 18.3. The molecule has 0 bridgehead atoms. The van der Waals surface area contributed by atoms with Gasteiger partial charge in [0.15, 0.2) is 6.61 Å². The van der Waals surface area contributed by atoms with Crippen molar-refractivity contribution < 1.29 is 19.0 Å². The van der Waals surface area contributed by atoms with Gasteiger partial charge in [-0.2, -0.15) is 0 Å². The van der Waals surface area contributed by atoms with Gasteiger partial charge in [-0.1, -0.05) is 36.4 Å². The fourth-order valence-electron chi connectivity index (χ4n) is 2.72. The SMILES string of the molecule is O=C(COc1ccccc1)SCCCCOCOC1CCC[SiH2]NCC1. The van der Waals surface area contributed by atoms with E-state index in [0.717, 1.165) is 37.3 Å². The molecule has 26 heavy (non-hydrogen) atoms. The van der Waals surface area contributed by atoms with E-state index >= 15 is 0 Å². The molecule has 146 valence electrons. The van der Waals surface area contributed by atoms with Crippen molar-refractivity contribution in [2.24, 2.45) is 0 Å². The summed E-state index contributed by atoms with van der Waals surface area (Å²) in [5.74, 6) is 1.54. The smallest absolute Gasteiger partial charge is 0.226 e. The lowest BCUT2D eigenvalue weighted by Gasteiger charge is -2.20. The zero-order valence-electron chi connectivity index (χ0n) is 15.5. The summed E-state index contributed by atoms with van der Waals surface area (Å²) in [6.45, 7) is 2.29. The lowest BCUT2D eigenvalue weighted by molar-refractivity contribution is -0.112. The monoisotopic (exact) mass is 397 g/mol. The van der Waals surface area contributed by atoms with Crippen LogP contribution >= 0.6 is 11.8 Å². The van der Waals surface area contributed by atoms with Crippen LogP contribution in [0.4, 0.5) is 0 Å². The second-order valence-corrected chi connectivity index (χ2v) is 9.24. The van der Waals surface area contributed by atoms with Crippen LogP contribution < -0.4 is 9.72 Å². The Morgan fingerprint density at radius 2 is 2.12 bits per heavy atom. The summed E-state index contributed by atoms with van der Waals surface area (Å²) >= 11 is 1.33. The average Bonchev–Trinajstić information content (AvgIpc) is 2.64. The van der Waals surface area contributed by atoms with Gasteiger partial charge in [-0.3, -0.25) is 4.79 Å². The van der Waals surface area contributed by atoms with E-state index in [9.17, 15) is 4.79 Å². The fraction of sp³-hybridized carbons (Fsp3) is 0.632. The van der Waals surface area contributed by atoms with Gasteiger partial charge in [0.05, 0.1) is 15.8 Å². The Bertz CT molecular complexity index is 484. The van der Waals surface area contributed by atoms with Gasteiger partial charge in [0.25, 0.3) is 0 Å². The maximum Gasteiger partial charge on any atom is 0.226 e. The third kappa shape index (κ3) is 10.3. The fourth-order valence-corrected chi connectivity index (χ4v) is 4.68. The topological polar surface area (TPSA) is 56.8 Å². The molecule has 1 aliphatic heterocycles. The van der Waals surface area contributed by atoms with Gasteiger partial charge in [0.1, 0.15) is 12.5 Å². The predicted molar refractivity (Wildman–Crippen MR) is 110 cm³/mol. The van der Waals surface area contributed by atoms with Gasteiger partial charge in [0, 0.05) is 12.4 Å². The second-order valence-electron chi connectivity index (χ2n) is 6.38. The molecule has 0 radical (unpaired) electrons. The lowest BCUT2D eigenvalue weighted by Crippen LogP contribution is -2.28. The van der Waals surface area contributed by atoms with Crippen molar-refractivity contribution in [3.05, 3.63) is 30.3 Å². The number of carbonyl (C=O) groups is 1. The summed E-state index contributed by atoms with van der Waals surface area (Å²) in [6.07, 6.45) is 5.79. The number of hydrogen-bond donors (Lipinski definition) is 1. The third-order valence-corrected chi connectivity index (χ3v) is 6.70. The Labute approximate surface area is 163 Å². The first kappa shape index (κ1) is 21.4. The molecule has 1 N–H and O–H groups in total. The molecule has 1 heterocycles. The van der Waals surface area contributed by atoms with E-state index in [-0.39, 0.29) is 21.4 Å². The Morgan fingerprint density at radius 3 is 3.00 bits per heavy atom. The summed E-state index contributed by atoms with van der Waals surface area (Å²) in [7, 11) is -0.000721. The highest BCUT2D eigenvalue weighted by atomic mass is 32.2. The molecule has 2 rings (SSSR count). The number of benzene rings is 1. The Kier molecular flexibility index (Phi) is 11.7. The first-order valence-electron chi connectivity index (χ1n) is 9.58. The molecule has 7 heteroatoms. The van der Waals surface area contributed by atoms with E-state index in [4.69, 9.17) is 14.2 Å². The van der Waals surface area contributed by atoms with Crippen LogP contribution in [-0.2, 0) is 14.3 Å². The zero-order valence-corrected chi connectivity index (χ0v) is 17.7. The number of unbranched alkanes of at least 4 members (excludes halogenated alkanes) is 1. The van der Waals surface area contributed by atoms with Gasteiger partial charge in [-0.05, 0) is 50.4 Å². The minimum Gasteiger partial charge on any atom is -0.485 e. The molecule has 1 atom stereocenters. The largest absolute Gasteiger partial charge is 0.485 e. The Morgan fingerprint density at radius 1 is 1.23 bits per heavy atom. The van der Waals surface area contributed by atoms with Crippen molar-refractivity contribution in [2.75, 3.05) is 32.3 Å². The minimum absolute atomic E-state index is 0.000721. The Hall–Kier alpha value is -0.863. The Balaban J connectivity index is 1.39. The van der Waals surface area contributed by atoms with Crippen LogP contribution in [0.3, 0.4) is 0 Å². The standard InChI is InChI=1S/C19H31NO4SSi/c21-19(15-23-17-7-2-1-3-8-17)25-13-5-4-12-22-16-24-18-9-6-14-26-20-11-10-18/h1-3,7-8,18,20H,4-6,9-16,26H2. The molecule has 1 aromatic rings. The highest BCUT2D eigenvalue weighted by molar-refractivity contribution is 8.13. The molecular formula is C19H31NO4SSi. The molecule has 1 aliphatic rings. The van der Waals surface area contributed by atoms with E-state index < -0.39 is 0 Å². The van der Waals surface area contributed by atoms with Gasteiger partial charge in [-0.15, -0.1) is 0 Å². The van der Waals surface area contributed by atoms with Crippen LogP contribution in [0.15, 0.2) is 30.3 Å². The number of para-hydroxylation sites is 1. The number of hydrogen-bond acceptors (Lipinski definition) is 6. The quantitative estimate of drug-likeness (QED) is 0.352. The average molecular weight is 398 g/mol. The van der Waals surface area contributed by atoms with Gasteiger partial charge in [-0.25, -0.2) is 0 Å². The van der Waals surface area contributed by atoms with Crippen LogP contribution in [0, 0.1) is 0 Å². The van der Waals surface area contributed by atoms with Gasteiger partial charge >= 0.3 is 0 Å². The maximum absolute atomic E-state index is 11.8. The van der Waals surface area contributed by atoms with Crippen molar-refractivity contribution in [1.82, 2.24) is 4.98 Å². The van der Waals surface area contributed by atoms with Crippen molar-refractivity contribution in [3.63, 3.8) is 0 Å². The summed E-state index contributed by atoms with van der Waals surface area (Å²) in [6, 6.07) is 10.8. The summed E-state index contributed by atoms with van der Waals surface area (Å²) in [4.78, 5) is 15.3. The first-order valence-corrected chi connectivity index (χ1v) is 12.3. The second kappa shape index (κ2) is 14.2. The molecule has 0 amide bonds. The van der Waals surface area contributed by atoms with Crippen molar-refractivity contribution in [1.29, 1.82) is 0 Å². The van der Waals surface area contributed by atoms with E-state index in [0.29, 0.717) is 19.5 Å². The van der Waals surface area contributed by atoms with Gasteiger partial charge < -0.3 is 19.2 Å². The number of nitrogens with one attached hydrogen (secondary N) is 1. The minimum atomic E-state index is -0.000721. The number of carbonyl (C=O) groups excluding carboxylic acids is 1. The summed E-state index contributed by atoms with van der Waals surface area (Å²) < 4.78 is 16.8. The maximum atomic E-state index is 11.8. The van der Waals surface area contributed by atoms with Crippen molar-refractivity contribution in [3.8, 4) is 5.75 Å². The number of rotatable bonds is 11. The summed E-state index contributed by atoms with van der Waals surface area (Å²) in [5.41, 5.74) is 0. The lowest BCUT2D eigenvalue weighted by atomic mass is 10.1. The first-order chi connectivity index (χ1) is 12.8. The summed E-state index contributed by atoms with van der Waals surface area (Å²) in [5, 5.41) is 0.0686. The third-order valence-electron chi connectivity index (χ3n) is 4.21. The highest BCUT2D eigenvalue weighted by Crippen LogP contribution is 2.12. The number of ether oxygens (including phenoxy) is 3. The van der Waals surface area contributed by atoms with Crippen LogP contribution in [0.2, 0.25) is 6.04 Å². The van der Waals surface area contributed by atoms with Crippen LogP contribution in [0.25, 0.3) is 0 Å².